The molecule has 4 aromatic carbocycles. The van der Waals surface area contributed by atoms with Gasteiger partial charge in [-0.2, -0.15) is 0 Å². The largest absolute Gasteiger partial charge is 0.479 e. The van der Waals surface area contributed by atoms with Crippen molar-refractivity contribution in [2.45, 2.75) is 11.2 Å². The third-order valence-corrected chi connectivity index (χ3v) is 5.87. The summed E-state index contributed by atoms with van der Waals surface area (Å²) >= 11 is 0. The summed E-state index contributed by atoms with van der Waals surface area (Å²) in [7, 11) is 0. The standard InChI is InChI=1S/C26H18O8/c27-21(19-13-5-9-15-7-1-3-11-17(15)19)25(33,23(29)30)26(34,24(31)32)22(28)20-14-6-10-16-8-2-4-12-18(16)20/h1-14,33-34H,(H,29,30)(H,31,32)/t25-,26-/m0/s1. The first-order valence-corrected chi connectivity index (χ1v) is 10.1. The van der Waals surface area contributed by atoms with Gasteiger partial charge in [-0.25, -0.2) is 9.59 Å². The number of carboxylic acid groups (broad SMARTS) is 2. The van der Waals surface area contributed by atoms with Crippen LogP contribution in [0, 0.1) is 0 Å². The summed E-state index contributed by atoms with van der Waals surface area (Å²) in [6.07, 6.45) is 0. The van der Waals surface area contributed by atoms with Crippen molar-refractivity contribution in [3.8, 4) is 0 Å². The molecular formula is C26H18O8. The number of carboxylic acids is 2. The first-order chi connectivity index (χ1) is 16.1. The zero-order chi connectivity index (χ0) is 24.7. The molecule has 0 radical (unpaired) electrons. The first kappa shape index (κ1) is 22.8. The lowest BCUT2D eigenvalue weighted by Crippen LogP contribution is -2.71. The maximum atomic E-state index is 13.5. The van der Waals surface area contributed by atoms with Gasteiger partial charge in [-0.15, -0.1) is 0 Å². The number of ketones is 2. The topological polar surface area (TPSA) is 149 Å². The SMILES string of the molecule is O=C(O)[C@@](O)(C(=O)c1cccc2ccccc12)[C@@](O)(C(=O)O)C(=O)c1cccc2ccccc12. The highest BCUT2D eigenvalue weighted by molar-refractivity contribution is 6.31. The van der Waals surface area contributed by atoms with Crippen molar-refractivity contribution in [3.05, 3.63) is 96.1 Å². The Hall–Kier alpha value is -4.40. The van der Waals surface area contributed by atoms with E-state index in [-0.39, 0.29) is 21.9 Å². The molecule has 4 aromatic rings. The summed E-state index contributed by atoms with van der Waals surface area (Å²) in [5.74, 6) is -8.06. The molecule has 0 aliphatic heterocycles. The van der Waals surface area contributed by atoms with Crippen LogP contribution in [-0.4, -0.2) is 55.1 Å². The molecule has 0 spiro atoms. The van der Waals surface area contributed by atoms with Crippen LogP contribution in [0.2, 0.25) is 0 Å². The molecule has 0 saturated carbocycles. The maximum Gasteiger partial charge on any atom is 0.348 e. The monoisotopic (exact) mass is 458 g/mol. The van der Waals surface area contributed by atoms with Crippen molar-refractivity contribution >= 4 is 45.0 Å². The molecule has 4 N–H and O–H groups in total. The van der Waals surface area contributed by atoms with E-state index < -0.39 is 34.7 Å². The highest BCUT2D eigenvalue weighted by atomic mass is 16.5. The van der Waals surface area contributed by atoms with Crippen LogP contribution in [0.4, 0.5) is 0 Å². The van der Waals surface area contributed by atoms with Crippen molar-refractivity contribution in [2.24, 2.45) is 0 Å². The number of benzene rings is 4. The normalized spacial score (nSPS) is 14.8. The number of carbonyl (C=O) groups is 4. The number of carbonyl (C=O) groups excluding carboxylic acids is 2. The van der Waals surface area contributed by atoms with E-state index in [1.807, 2.05) is 0 Å². The fourth-order valence-corrected chi connectivity index (χ4v) is 4.07. The number of fused-ring (bicyclic) bond motifs is 2. The number of aliphatic hydroxyl groups is 2. The number of hydrogen-bond donors (Lipinski definition) is 4. The van der Waals surface area contributed by atoms with Crippen LogP contribution in [-0.2, 0) is 9.59 Å². The van der Waals surface area contributed by atoms with Gasteiger partial charge in [0.05, 0.1) is 0 Å². The van der Waals surface area contributed by atoms with Crippen molar-refractivity contribution in [1.82, 2.24) is 0 Å². The van der Waals surface area contributed by atoms with E-state index in [2.05, 4.69) is 0 Å². The van der Waals surface area contributed by atoms with E-state index in [1.165, 1.54) is 36.4 Å². The quantitative estimate of drug-likeness (QED) is 0.244. The molecule has 0 heterocycles. The zero-order valence-corrected chi connectivity index (χ0v) is 17.5. The average molecular weight is 458 g/mol. The third kappa shape index (κ3) is 3.16. The second-order valence-electron chi connectivity index (χ2n) is 7.74. The van der Waals surface area contributed by atoms with Gasteiger partial charge in [0.2, 0.25) is 11.6 Å². The Balaban J connectivity index is 1.98. The molecule has 0 aliphatic rings. The van der Waals surface area contributed by atoms with Gasteiger partial charge in [-0.1, -0.05) is 84.9 Å². The van der Waals surface area contributed by atoms with Crippen LogP contribution in [0.15, 0.2) is 84.9 Å². The predicted molar refractivity (Wildman–Crippen MR) is 122 cm³/mol. The number of aliphatic carboxylic acids is 2. The number of hydrogen-bond acceptors (Lipinski definition) is 6. The van der Waals surface area contributed by atoms with E-state index >= 15 is 0 Å². The third-order valence-electron chi connectivity index (χ3n) is 5.87. The Morgan fingerprint density at radius 3 is 1.18 bits per heavy atom. The molecular weight excluding hydrogens is 440 g/mol. The maximum absolute atomic E-state index is 13.5. The highest BCUT2D eigenvalue weighted by Gasteiger charge is 2.70. The Kier molecular flexibility index (Phi) is 5.48. The molecule has 0 saturated heterocycles. The molecule has 34 heavy (non-hydrogen) atoms. The van der Waals surface area contributed by atoms with Gasteiger partial charge in [0.1, 0.15) is 0 Å². The van der Waals surface area contributed by atoms with Crippen LogP contribution in [0.3, 0.4) is 0 Å². The zero-order valence-electron chi connectivity index (χ0n) is 17.5. The van der Waals surface area contributed by atoms with Crippen molar-refractivity contribution in [3.63, 3.8) is 0 Å². The lowest BCUT2D eigenvalue weighted by Gasteiger charge is -2.35. The molecule has 0 unspecified atom stereocenters. The molecule has 4 rings (SSSR count). The second-order valence-corrected chi connectivity index (χ2v) is 7.74. The van der Waals surface area contributed by atoms with Crippen LogP contribution >= 0.6 is 0 Å². The molecule has 0 fully saturated rings. The highest BCUT2D eigenvalue weighted by Crippen LogP contribution is 2.35. The van der Waals surface area contributed by atoms with Gasteiger partial charge < -0.3 is 20.4 Å². The van der Waals surface area contributed by atoms with E-state index in [0.29, 0.717) is 10.8 Å². The van der Waals surface area contributed by atoms with Gasteiger partial charge in [-0.05, 0) is 21.5 Å². The molecule has 170 valence electrons. The van der Waals surface area contributed by atoms with Gasteiger partial charge in [0.15, 0.2) is 0 Å². The molecule has 0 aliphatic carbocycles. The lowest BCUT2D eigenvalue weighted by atomic mass is 9.72. The predicted octanol–water partition coefficient (Wildman–Crippen LogP) is 2.69. The summed E-state index contributed by atoms with van der Waals surface area (Å²) in [4.78, 5) is 51.5. The average Bonchev–Trinajstić information content (AvgIpc) is 2.85. The second kappa shape index (κ2) is 8.18. The molecule has 0 amide bonds. The minimum Gasteiger partial charge on any atom is -0.479 e. The number of Topliss-reactive ketones (excluding diaryl/α,β-unsaturated/α-hetero) is 2. The van der Waals surface area contributed by atoms with Crippen molar-refractivity contribution in [2.75, 3.05) is 0 Å². The minimum atomic E-state index is -4.04. The first-order valence-electron chi connectivity index (χ1n) is 10.1. The number of rotatable bonds is 7. The van der Waals surface area contributed by atoms with Gasteiger partial charge >= 0.3 is 11.9 Å². The van der Waals surface area contributed by atoms with E-state index in [0.717, 1.165) is 0 Å². The van der Waals surface area contributed by atoms with Crippen LogP contribution < -0.4 is 0 Å². The fourth-order valence-electron chi connectivity index (χ4n) is 4.07. The fraction of sp³-hybridized carbons (Fsp3) is 0.0769. The summed E-state index contributed by atoms with van der Waals surface area (Å²) in [6.45, 7) is 0. The van der Waals surface area contributed by atoms with Crippen molar-refractivity contribution in [1.29, 1.82) is 0 Å². The molecule has 0 aromatic heterocycles. The Morgan fingerprint density at radius 2 is 0.824 bits per heavy atom. The molecule has 8 nitrogen and oxygen atoms in total. The summed E-state index contributed by atoms with van der Waals surface area (Å²) in [5.41, 5.74) is -8.82. The summed E-state index contributed by atoms with van der Waals surface area (Å²) < 4.78 is 0. The Labute approximate surface area is 192 Å². The summed E-state index contributed by atoms with van der Waals surface area (Å²) in [5, 5.41) is 43.5. The molecule has 8 heteroatoms. The Morgan fingerprint density at radius 1 is 0.500 bits per heavy atom. The van der Waals surface area contributed by atoms with Gasteiger partial charge in [0.25, 0.3) is 11.2 Å². The minimum absolute atomic E-state index is 0.208. The Bertz CT molecular complexity index is 1370. The summed E-state index contributed by atoms with van der Waals surface area (Å²) in [6, 6.07) is 21.1. The van der Waals surface area contributed by atoms with Gasteiger partial charge in [0, 0.05) is 11.1 Å². The van der Waals surface area contributed by atoms with Crippen LogP contribution in [0.1, 0.15) is 20.7 Å². The van der Waals surface area contributed by atoms with E-state index in [9.17, 15) is 39.6 Å². The molecule has 0 bridgehead atoms. The van der Waals surface area contributed by atoms with E-state index in [4.69, 9.17) is 0 Å². The molecule has 2 atom stereocenters. The lowest BCUT2D eigenvalue weighted by molar-refractivity contribution is -0.187. The smallest absolute Gasteiger partial charge is 0.348 e. The van der Waals surface area contributed by atoms with Crippen molar-refractivity contribution < 1.29 is 39.6 Å². The van der Waals surface area contributed by atoms with Gasteiger partial charge in [-0.3, -0.25) is 9.59 Å². The van der Waals surface area contributed by atoms with Crippen LogP contribution in [0.25, 0.3) is 21.5 Å². The van der Waals surface area contributed by atoms with Crippen LogP contribution in [0.5, 0.6) is 0 Å². The van der Waals surface area contributed by atoms with E-state index in [1.54, 1.807) is 48.5 Å².